The highest BCUT2D eigenvalue weighted by molar-refractivity contribution is 5.94. The minimum Gasteiger partial charge on any atom is -0.463 e. The standard InChI is InChI=1S/C18H15F3N4O2/c1-4-17(3,5-2)23-16(26)12-10-15-22-11(13-7-6-8-27-13)9-14(18(19,20)21)25(15)24-12/h1,6-10H,5H2,2-3H3,(H,23,26). The third-order valence-electron chi connectivity index (χ3n) is 4.14. The zero-order valence-corrected chi connectivity index (χ0v) is 14.5. The Morgan fingerprint density at radius 3 is 2.70 bits per heavy atom. The highest BCUT2D eigenvalue weighted by atomic mass is 19.4. The zero-order chi connectivity index (χ0) is 19.8. The molecular weight excluding hydrogens is 361 g/mol. The molecule has 0 spiro atoms. The van der Waals surface area contributed by atoms with Crippen molar-refractivity contribution in [3.8, 4) is 23.8 Å². The van der Waals surface area contributed by atoms with Gasteiger partial charge in [-0.1, -0.05) is 12.8 Å². The van der Waals surface area contributed by atoms with Crippen molar-refractivity contribution >= 4 is 11.6 Å². The van der Waals surface area contributed by atoms with Crippen LogP contribution in [-0.2, 0) is 6.18 Å². The Hall–Kier alpha value is -3.28. The van der Waals surface area contributed by atoms with Crippen LogP contribution >= 0.6 is 0 Å². The van der Waals surface area contributed by atoms with Gasteiger partial charge in [-0.2, -0.15) is 18.3 Å². The predicted molar refractivity (Wildman–Crippen MR) is 90.7 cm³/mol. The number of fused-ring (bicyclic) bond motifs is 1. The first kappa shape index (κ1) is 18.5. The normalized spacial score (nSPS) is 13.9. The maximum Gasteiger partial charge on any atom is 0.433 e. The van der Waals surface area contributed by atoms with Crippen LogP contribution in [0.1, 0.15) is 36.5 Å². The molecule has 0 fully saturated rings. The largest absolute Gasteiger partial charge is 0.463 e. The number of amides is 1. The molecule has 140 valence electrons. The summed E-state index contributed by atoms with van der Waals surface area (Å²) in [6, 6.07) is 5.01. The molecule has 3 aromatic heterocycles. The lowest BCUT2D eigenvalue weighted by molar-refractivity contribution is -0.142. The van der Waals surface area contributed by atoms with Gasteiger partial charge in [0, 0.05) is 6.07 Å². The first-order valence-electron chi connectivity index (χ1n) is 7.99. The summed E-state index contributed by atoms with van der Waals surface area (Å²) < 4.78 is 46.2. The van der Waals surface area contributed by atoms with Crippen LogP contribution in [-0.4, -0.2) is 26.0 Å². The first-order chi connectivity index (χ1) is 12.7. The van der Waals surface area contributed by atoms with Gasteiger partial charge < -0.3 is 9.73 Å². The third kappa shape index (κ3) is 3.51. The molecule has 0 radical (unpaired) electrons. The number of terminal acetylenes is 1. The second kappa shape index (κ2) is 6.46. The Morgan fingerprint density at radius 1 is 1.41 bits per heavy atom. The summed E-state index contributed by atoms with van der Waals surface area (Å²) in [5.41, 5.74) is -2.39. The van der Waals surface area contributed by atoms with Crippen molar-refractivity contribution < 1.29 is 22.4 Å². The van der Waals surface area contributed by atoms with Gasteiger partial charge in [-0.05, 0) is 31.5 Å². The monoisotopic (exact) mass is 376 g/mol. The van der Waals surface area contributed by atoms with Gasteiger partial charge in [0.2, 0.25) is 0 Å². The highest BCUT2D eigenvalue weighted by Gasteiger charge is 2.36. The van der Waals surface area contributed by atoms with Crippen LogP contribution < -0.4 is 5.32 Å². The van der Waals surface area contributed by atoms with Gasteiger partial charge in [0.15, 0.2) is 22.8 Å². The van der Waals surface area contributed by atoms with Gasteiger partial charge in [0.1, 0.15) is 5.69 Å². The van der Waals surface area contributed by atoms with Crippen LogP contribution in [0.15, 0.2) is 34.9 Å². The molecular formula is C18H15F3N4O2. The molecule has 1 unspecified atom stereocenters. The molecule has 3 rings (SSSR count). The second-order valence-corrected chi connectivity index (χ2v) is 6.09. The molecule has 1 amide bonds. The van der Waals surface area contributed by atoms with Crippen molar-refractivity contribution in [1.82, 2.24) is 19.9 Å². The van der Waals surface area contributed by atoms with Crippen LogP contribution in [0, 0.1) is 12.3 Å². The smallest absolute Gasteiger partial charge is 0.433 e. The van der Waals surface area contributed by atoms with E-state index < -0.39 is 23.3 Å². The van der Waals surface area contributed by atoms with Crippen molar-refractivity contribution in [3.63, 3.8) is 0 Å². The lowest BCUT2D eigenvalue weighted by atomic mass is 10.0. The molecule has 27 heavy (non-hydrogen) atoms. The lowest BCUT2D eigenvalue weighted by Crippen LogP contribution is -2.44. The van der Waals surface area contributed by atoms with Gasteiger partial charge >= 0.3 is 6.18 Å². The van der Waals surface area contributed by atoms with Gasteiger partial charge in [0.25, 0.3) is 5.91 Å². The Balaban J connectivity index is 2.11. The van der Waals surface area contributed by atoms with Crippen LogP contribution in [0.3, 0.4) is 0 Å². The summed E-state index contributed by atoms with van der Waals surface area (Å²) in [6.07, 6.45) is 2.47. The summed E-state index contributed by atoms with van der Waals surface area (Å²) in [6.45, 7) is 3.41. The van der Waals surface area contributed by atoms with E-state index in [0.29, 0.717) is 10.9 Å². The Morgan fingerprint density at radius 2 is 2.15 bits per heavy atom. The van der Waals surface area contributed by atoms with E-state index >= 15 is 0 Å². The summed E-state index contributed by atoms with van der Waals surface area (Å²) in [7, 11) is 0. The summed E-state index contributed by atoms with van der Waals surface area (Å²) >= 11 is 0. The van der Waals surface area contributed by atoms with Gasteiger partial charge in [-0.3, -0.25) is 4.79 Å². The van der Waals surface area contributed by atoms with E-state index in [1.54, 1.807) is 13.8 Å². The van der Waals surface area contributed by atoms with Crippen molar-refractivity contribution in [3.05, 3.63) is 41.9 Å². The average molecular weight is 376 g/mol. The van der Waals surface area contributed by atoms with Crippen molar-refractivity contribution in [2.24, 2.45) is 0 Å². The number of aromatic nitrogens is 3. The number of alkyl halides is 3. The van der Waals surface area contributed by atoms with Crippen molar-refractivity contribution in [2.75, 3.05) is 0 Å². The second-order valence-electron chi connectivity index (χ2n) is 6.09. The van der Waals surface area contributed by atoms with Crippen molar-refractivity contribution in [2.45, 2.75) is 32.0 Å². The molecule has 3 heterocycles. The van der Waals surface area contributed by atoms with E-state index in [9.17, 15) is 18.0 Å². The fourth-order valence-corrected chi connectivity index (χ4v) is 2.38. The number of furan rings is 1. The predicted octanol–water partition coefficient (Wildman–Crippen LogP) is 3.54. The highest BCUT2D eigenvalue weighted by Crippen LogP contribution is 2.32. The van der Waals surface area contributed by atoms with E-state index in [4.69, 9.17) is 10.8 Å². The number of nitrogens with one attached hydrogen (secondary N) is 1. The molecule has 0 aliphatic carbocycles. The molecule has 9 heteroatoms. The summed E-state index contributed by atoms with van der Waals surface area (Å²) in [4.78, 5) is 16.5. The molecule has 0 aliphatic heterocycles. The minimum absolute atomic E-state index is 0.0197. The molecule has 0 bridgehead atoms. The quantitative estimate of drug-likeness (QED) is 0.707. The van der Waals surface area contributed by atoms with Crippen LogP contribution in [0.4, 0.5) is 13.2 Å². The number of rotatable bonds is 4. The lowest BCUT2D eigenvalue weighted by Gasteiger charge is -2.22. The maximum absolute atomic E-state index is 13.5. The maximum atomic E-state index is 13.5. The Kier molecular flexibility index (Phi) is 4.43. The minimum atomic E-state index is -4.71. The average Bonchev–Trinajstić information content (AvgIpc) is 3.29. The summed E-state index contributed by atoms with van der Waals surface area (Å²) in [5.74, 6) is 1.93. The number of halogens is 3. The zero-order valence-electron chi connectivity index (χ0n) is 14.5. The van der Waals surface area contributed by atoms with E-state index in [1.165, 1.54) is 24.5 Å². The van der Waals surface area contributed by atoms with Crippen molar-refractivity contribution in [1.29, 1.82) is 0 Å². The Labute approximate surface area is 152 Å². The van der Waals surface area contributed by atoms with Gasteiger partial charge in [-0.15, -0.1) is 6.42 Å². The molecule has 1 atom stereocenters. The van der Waals surface area contributed by atoms with E-state index in [-0.39, 0.29) is 22.8 Å². The fourth-order valence-electron chi connectivity index (χ4n) is 2.38. The molecule has 1 N–H and O–H groups in total. The fraction of sp³-hybridized carbons (Fsp3) is 0.278. The SMILES string of the molecule is C#CC(C)(CC)NC(=O)c1cc2nc(-c3ccco3)cc(C(F)(F)F)n2n1. The number of hydrogen-bond donors (Lipinski definition) is 1. The summed E-state index contributed by atoms with van der Waals surface area (Å²) in [5, 5.41) is 6.37. The van der Waals surface area contributed by atoms with E-state index in [2.05, 4.69) is 21.3 Å². The molecule has 3 aromatic rings. The van der Waals surface area contributed by atoms with Gasteiger partial charge in [0.05, 0.1) is 11.8 Å². The molecule has 0 saturated heterocycles. The van der Waals surface area contributed by atoms with Crippen LogP contribution in [0.25, 0.3) is 17.1 Å². The number of hydrogen-bond acceptors (Lipinski definition) is 4. The van der Waals surface area contributed by atoms with Gasteiger partial charge in [-0.25, -0.2) is 9.50 Å². The molecule has 0 aliphatic rings. The number of nitrogens with zero attached hydrogens (tertiary/aromatic N) is 3. The third-order valence-corrected chi connectivity index (χ3v) is 4.14. The molecule has 6 nitrogen and oxygen atoms in total. The number of carbonyl (C=O) groups excluding carboxylic acids is 1. The Bertz CT molecular complexity index is 1030. The van der Waals surface area contributed by atoms with E-state index in [1.807, 2.05) is 0 Å². The van der Waals surface area contributed by atoms with Crippen LogP contribution in [0.5, 0.6) is 0 Å². The topological polar surface area (TPSA) is 72.4 Å². The van der Waals surface area contributed by atoms with E-state index in [0.717, 1.165) is 6.07 Å². The molecule has 0 aromatic carbocycles. The number of carbonyl (C=O) groups is 1. The van der Waals surface area contributed by atoms with Crippen LogP contribution in [0.2, 0.25) is 0 Å². The first-order valence-corrected chi connectivity index (χ1v) is 7.99. The molecule has 0 saturated carbocycles.